The Hall–Kier alpha value is -2.38. The maximum atomic E-state index is 11.7. The summed E-state index contributed by atoms with van der Waals surface area (Å²) in [5.74, 6) is 7.96. The quantitative estimate of drug-likeness (QED) is 0.830. The van der Waals surface area contributed by atoms with Crippen LogP contribution < -0.4 is 10.1 Å². The Labute approximate surface area is 141 Å². The Kier molecular flexibility index (Phi) is 7.09. The lowest BCUT2D eigenvalue weighted by atomic mass is 10.2. The molecule has 0 unspecified atom stereocenters. The van der Waals surface area contributed by atoms with Crippen molar-refractivity contribution >= 4 is 17.7 Å². The number of nitrogens with one attached hydrogen (secondary N) is 1. The summed E-state index contributed by atoms with van der Waals surface area (Å²) in [7, 11) is 1.62. The van der Waals surface area contributed by atoms with Crippen molar-refractivity contribution in [1.82, 2.24) is 5.32 Å². The molecule has 0 aromatic heterocycles. The van der Waals surface area contributed by atoms with Crippen molar-refractivity contribution in [3.8, 4) is 17.6 Å². The summed E-state index contributed by atoms with van der Waals surface area (Å²) >= 11 is 1.59. The van der Waals surface area contributed by atoms with Crippen LogP contribution in [0.25, 0.3) is 0 Å². The summed E-state index contributed by atoms with van der Waals surface area (Å²) in [4.78, 5) is 11.7. The molecule has 2 rings (SSSR count). The molecule has 1 amide bonds. The molecular weight excluding hydrogens is 306 g/mol. The highest BCUT2D eigenvalue weighted by molar-refractivity contribution is 7.99. The second kappa shape index (κ2) is 9.60. The van der Waals surface area contributed by atoms with Gasteiger partial charge in [0.2, 0.25) is 5.91 Å². The molecule has 0 saturated carbocycles. The molecule has 3 nitrogen and oxygen atoms in total. The Balaban J connectivity index is 1.70. The average molecular weight is 325 g/mol. The highest BCUT2D eigenvalue weighted by Crippen LogP contribution is 2.15. The van der Waals surface area contributed by atoms with Crippen LogP contribution >= 0.6 is 11.8 Å². The van der Waals surface area contributed by atoms with E-state index in [9.17, 15) is 4.79 Å². The minimum atomic E-state index is 0.000239. The van der Waals surface area contributed by atoms with Crippen LogP contribution in [0, 0.1) is 11.8 Å². The first-order valence-electron chi connectivity index (χ1n) is 7.30. The summed E-state index contributed by atoms with van der Waals surface area (Å²) < 4.78 is 5.23. The fraction of sp³-hybridized carbons (Fsp3) is 0.211. The molecule has 2 aromatic rings. The Morgan fingerprint density at radius 3 is 2.65 bits per heavy atom. The Morgan fingerprint density at radius 1 is 1.13 bits per heavy atom. The second-order valence-electron chi connectivity index (χ2n) is 4.76. The van der Waals surface area contributed by atoms with Crippen LogP contribution in [0.4, 0.5) is 0 Å². The predicted molar refractivity (Wildman–Crippen MR) is 95.5 cm³/mol. The maximum Gasteiger partial charge on any atom is 0.230 e. The van der Waals surface area contributed by atoms with Crippen molar-refractivity contribution < 1.29 is 9.53 Å². The van der Waals surface area contributed by atoms with E-state index in [1.165, 1.54) is 5.56 Å². The van der Waals surface area contributed by atoms with Gasteiger partial charge in [-0.2, -0.15) is 0 Å². The van der Waals surface area contributed by atoms with Crippen molar-refractivity contribution in [3.63, 3.8) is 0 Å². The van der Waals surface area contributed by atoms with E-state index in [-0.39, 0.29) is 5.91 Å². The molecule has 4 heteroatoms. The number of hydrogen-bond acceptors (Lipinski definition) is 3. The first-order chi connectivity index (χ1) is 11.3. The van der Waals surface area contributed by atoms with Crippen LogP contribution in [0.3, 0.4) is 0 Å². The maximum absolute atomic E-state index is 11.7. The highest BCUT2D eigenvalue weighted by atomic mass is 32.2. The summed E-state index contributed by atoms with van der Waals surface area (Å²) in [6, 6.07) is 17.7. The zero-order chi connectivity index (χ0) is 16.3. The first-order valence-corrected chi connectivity index (χ1v) is 8.45. The standard InChI is InChI=1S/C19H19NO2S/c1-22-18-12-6-5-10-17(18)11-7-13-20-19(21)15-23-14-16-8-3-2-4-9-16/h2-6,8-10,12H,13-15H2,1H3,(H,20,21). The fourth-order valence-electron chi connectivity index (χ4n) is 1.92. The van der Waals surface area contributed by atoms with Gasteiger partial charge in [0.25, 0.3) is 0 Å². The minimum Gasteiger partial charge on any atom is -0.495 e. The van der Waals surface area contributed by atoms with Crippen LogP contribution in [0.1, 0.15) is 11.1 Å². The van der Waals surface area contributed by atoms with Gasteiger partial charge in [0.1, 0.15) is 5.75 Å². The molecule has 118 valence electrons. The first kappa shape index (κ1) is 17.0. The van der Waals surface area contributed by atoms with Crippen molar-refractivity contribution in [2.24, 2.45) is 0 Å². The van der Waals surface area contributed by atoms with E-state index in [1.54, 1.807) is 18.9 Å². The van der Waals surface area contributed by atoms with Crippen molar-refractivity contribution in [3.05, 3.63) is 65.7 Å². The molecule has 0 aliphatic carbocycles. The topological polar surface area (TPSA) is 38.3 Å². The highest BCUT2D eigenvalue weighted by Gasteiger charge is 2.00. The number of hydrogen-bond donors (Lipinski definition) is 1. The van der Waals surface area contributed by atoms with E-state index in [0.29, 0.717) is 12.3 Å². The summed E-state index contributed by atoms with van der Waals surface area (Å²) in [6.45, 7) is 0.336. The van der Waals surface area contributed by atoms with Crippen LogP contribution in [-0.4, -0.2) is 25.3 Å². The molecule has 0 saturated heterocycles. The van der Waals surface area contributed by atoms with Gasteiger partial charge in [-0.1, -0.05) is 54.3 Å². The molecule has 0 bridgehead atoms. The SMILES string of the molecule is COc1ccccc1C#CCNC(=O)CSCc1ccccc1. The monoisotopic (exact) mass is 325 g/mol. The number of carbonyl (C=O) groups is 1. The van der Waals surface area contributed by atoms with Crippen LogP contribution in [0.5, 0.6) is 5.75 Å². The molecule has 23 heavy (non-hydrogen) atoms. The summed E-state index contributed by atoms with van der Waals surface area (Å²) in [5.41, 5.74) is 2.05. The molecule has 0 radical (unpaired) electrons. The number of methoxy groups -OCH3 is 1. The van der Waals surface area contributed by atoms with Gasteiger partial charge in [0, 0.05) is 5.75 Å². The number of amides is 1. The van der Waals surface area contributed by atoms with E-state index >= 15 is 0 Å². The van der Waals surface area contributed by atoms with E-state index in [2.05, 4.69) is 29.3 Å². The molecule has 0 heterocycles. The molecule has 0 atom stereocenters. The Bertz CT molecular complexity index is 689. The molecule has 0 spiro atoms. The number of benzene rings is 2. The van der Waals surface area contributed by atoms with Crippen LogP contribution in [-0.2, 0) is 10.5 Å². The third-order valence-corrected chi connectivity index (χ3v) is 4.05. The van der Waals surface area contributed by atoms with Gasteiger partial charge in [-0.05, 0) is 17.7 Å². The lowest BCUT2D eigenvalue weighted by Crippen LogP contribution is -2.25. The zero-order valence-corrected chi connectivity index (χ0v) is 13.9. The largest absolute Gasteiger partial charge is 0.495 e. The number of thioether (sulfide) groups is 1. The minimum absolute atomic E-state index is 0.000239. The van der Waals surface area contributed by atoms with Crippen molar-refractivity contribution in [2.45, 2.75) is 5.75 Å². The number of rotatable bonds is 6. The van der Waals surface area contributed by atoms with Gasteiger partial charge in [-0.3, -0.25) is 4.79 Å². The fourth-order valence-corrected chi connectivity index (χ4v) is 2.73. The normalized spacial score (nSPS) is 9.61. The van der Waals surface area contributed by atoms with E-state index in [4.69, 9.17) is 4.74 Å². The lowest BCUT2D eigenvalue weighted by molar-refractivity contribution is -0.118. The number of carbonyl (C=O) groups excluding carboxylic acids is 1. The third kappa shape index (κ3) is 6.09. The van der Waals surface area contributed by atoms with Gasteiger partial charge in [0.15, 0.2) is 0 Å². The van der Waals surface area contributed by atoms with Crippen molar-refractivity contribution in [1.29, 1.82) is 0 Å². The van der Waals surface area contributed by atoms with E-state index < -0.39 is 0 Å². The lowest BCUT2D eigenvalue weighted by Gasteiger charge is -2.03. The Morgan fingerprint density at radius 2 is 1.87 bits per heavy atom. The van der Waals surface area contributed by atoms with E-state index in [0.717, 1.165) is 17.1 Å². The summed E-state index contributed by atoms with van der Waals surface area (Å²) in [5, 5.41) is 2.80. The molecule has 0 aliphatic rings. The van der Waals surface area contributed by atoms with Gasteiger partial charge in [0.05, 0.1) is 25.0 Å². The number of para-hydroxylation sites is 1. The van der Waals surface area contributed by atoms with Gasteiger partial charge in [-0.15, -0.1) is 11.8 Å². The van der Waals surface area contributed by atoms with E-state index in [1.807, 2.05) is 42.5 Å². The second-order valence-corrected chi connectivity index (χ2v) is 5.74. The van der Waals surface area contributed by atoms with Gasteiger partial charge >= 0.3 is 0 Å². The number of ether oxygens (including phenoxy) is 1. The molecule has 0 aliphatic heterocycles. The third-order valence-electron chi connectivity index (χ3n) is 3.05. The van der Waals surface area contributed by atoms with Crippen LogP contribution in [0.15, 0.2) is 54.6 Å². The van der Waals surface area contributed by atoms with Gasteiger partial charge in [-0.25, -0.2) is 0 Å². The molecule has 2 aromatic carbocycles. The predicted octanol–water partition coefficient (Wildman–Crippen LogP) is 3.10. The molecular formula is C19H19NO2S. The molecule has 0 fully saturated rings. The van der Waals surface area contributed by atoms with Crippen LogP contribution in [0.2, 0.25) is 0 Å². The average Bonchev–Trinajstić information content (AvgIpc) is 2.60. The zero-order valence-electron chi connectivity index (χ0n) is 13.0. The molecule has 1 N–H and O–H groups in total. The van der Waals surface area contributed by atoms with Gasteiger partial charge < -0.3 is 10.1 Å². The smallest absolute Gasteiger partial charge is 0.230 e. The summed E-state index contributed by atoms with van der Waals surface area (Å²) in [6.07, 6.45) is 0. The van der Waals surface area contributed by atoms with Crippen molar-refractivity contribution in [2.75, 3.05) is 19.4 Å².